The van der Waals surface area contributed by atoms with Gasteiger partial charge in [0, 0.05) is 22.9 Å². The number of hydrogen-bond donors (Lipinski definition) is 1. The summed E-state index contributed by atoms with van der Waals surface area (Å²) in [6.07, 6.45) is 0. The van der Waals surface area contributed by atoms with Gasteiger partial charge in [-0.05, 0) is 18.7 Å². The van der Waals surface area contributed by atoms with E-state index in [9.17, 15) is 8.42 Å². The molecule has 0 bridgehead atoms. The predicted molar refractivity (Wildman–Crippen MR) is 78.7 cm³/mol. The Kier molecular flexibility index (Phi) is 6.62. The molecule has 0 atom stereocenters. The van der Waals surface area contributed by atoms with Crippen LogP contribution in [-0.4, -0.2) is 33.1 Å². The van der Waals surface area contributed by atoms with Crippen LogP contribution in [0.4, 0.5) is 0 Å². The van der Waals surface area contributed by atoms with Crippen molar-refractivity contribution >= 4 is 21.4 Å². The minimum Gasteiger partial charge on any atom is -0.492 e. The van der Waals surface area contributed by atoms with Crippen molar-refractivity contribution in [1.29, 1.82) is 0 Å². The van der Waals surface area contributed by atoms with Gasteiger partial charge in [0.25, 0.3) is 0 Å². The Morgan fingerprint density at radius 2 is 2.05 bits per heavy atom. The largest absolute Gasteiger partial charge is 0.492 e. The second kappa shape index (κ2) is 7.72. The van der Waals surface area contributed by atoms with Crippen molar-refractivity contribution in [2.45, 2.75) is 20.4 Å². The van der Waals surface area contributed by atoms with Crippen molar-refractivity contribution in [1.82, 2.24) is 5.32 Å². The van der Waals surface area contributed by atoms with Crippen LogP contribution in [0.5, 0.6) is 5.75 Å². The Morgan fingerprint density at radius 1 is 1.32 bits per heavy atom. The van der Waals surface area contributed by atoms with Gasteiger partial charge in [-0.15, -0.1) is 0 Å². The van der Waals surface area contributed by atoms with Gasteiger partial charge in [0.1, 0.15) is 12.4 Å². The lowest BCUT2D eigenvalue weighted by atomic mass is 10.2. The lowest BCUT2D eigenvalue weighted by Crippen LogP contribution is -2.17. The van der Waals surface area contributed by atoms with E-state index in [-0.39, 0.29) is 18.1 Å². The fraction of sp³-hybridized carbons (Fsp3) is 0.538. The molecule has 0 spiro atoms. The van der Waals surface area contributed by atoms with Crippen LogP contribution in [0.25, 0.3) is 0 Å². The second-order valence-corrected chi connectivity index (χ2v) is 6.96. The van der Waals surface area contributed by atoms with E-state index in [0.29, 0.717) is 17.3 Å². The number of nitrogens with one attached hydrogen (secondary N) is 1. The van der Waals surface area contributed by atoms with Gasteiger partial charge < -0.3 is 10.1 Å². The first kappa shape index (κ1) is 16.3. The molecule has 108 valence electrons. The normalized spacial score (nSPS) is 11.5. The van der Waals surface area contributed by atoms with E-state index >= 15 is 0 Å². The number of hydrogen-bond acceptors (Lipinski definition) is 4. The fourth-order valence-corrected chi connectivity index (χ4v) is 2.38. The molecule has 0 saturated heterocycles. The van der Waals surface area contributed by atoms with E-state index < -0.39 is 9.84 Å². The molecular weight excluding hydrogens is 286 g/mol. The summed E-state index contributed by atoms with van der Waals surface area (Å²) in [6.45, 7) is 5.22. The lowest BCUT2D eigenvalue weighted by molar-refractivity contribution is 0.336. The van der Waals surface area contributed by atoms with Crippen LogP contribution >= 0.6 is 11.6 Å². The van der Waals surface area contributed by atoms with Crippen molar-refractivity contribution < 1.29 is 13.2 Å². The van der Waals surface area contributed by atoms with E-state index in [1.54, 1.807) is 25.1 Å². The molecule has 0 aromatic heterocycles. The van der Waals surface area contributed by atoms with Crippen LogP contribution < -0.4 is 10.1 Å². The van der Waals surface area contributed by atoms with Gasteiger partial charge in [-0.3, -0.25) is 0 Å². The summed E-state index contributed by atoms with van der Waals surface area (Å²) >= 11 is 6.12. The molecule has 1 aromatic rings. The molecule has 4 nitrogen and oxygen atoms in total. The smallest absolute Gasteiger partial charge is 0.153 e. The van der Waals surface area contributed by atoms with Gasteiger partial charge in [0.2, 0.25) is 0 Å². The zero-order valence-corrected chi connectivity index (χ0v) is 12.9. The maximum atomic E-state index is 11.4. The first-order valence-corrected chi connectivity index (χ1v) is 8.51. The highest BCUT2D eigenvalue weighted by atomic mass is 35.5. The lowest BCUT2D eigenvalue weighted by Gasteiger charge is -2.13. The summed E-state index contributed by atoms with van der Waals surface area (Å²) in [6, 6.07) is 5.39. The van der Waals surface area contributed by atoms with E-state index in [2.05, 4.69) is 5.32 Å². The fourth-order valence-electron chi connectivity index (χ4n) is 1.52. The number of halogens is 1. The van der Waals surface area contributed by atoms with E-state index in [1.165, 1.54) is 0 Å². The molecule has 1 aromatic carbocycles. The van der Waals surface area contributed by atoms with Crippen LogP contribution in [-0.2, 0) is 16.4 Å². The van der Waals surface area contributed by atoms with Crippen molar-refractivity contribution in [3.63, 3.8) is 0 Å². The third-order valence-corrected chi connectivity index (χ3v) is 4.74. The molecule has 6 heteroatoms. The van der Waals surface area contributed by atoms with Crippen LogP contribution in [0.2, 0.25) is 5.02 Å². The average Bonchev–Trinajstić information content (AvgIpc) is 2.38. The summed E-state index contributed by atoms with van der Waals surface area (Å²) in [5.74, 6) is 0.798. The van der Waals surface area contributed by atoms with Gasteiger partial charge in [-0.2, -0.15) is 0 Å². The monoisotopic (exact) mass is 305 g/mol. The minimum absolute atomic E-state index is 0.0245. The van der Waals surface area contributed by atoms with Crippen LogP contribution in [0, 0.1) is 0 Å². The molecule has 0 unspecified atom stereocenters. The predicted octanol–water partition coefficient (Wildman–Crippen LogP) is 2.26. The summed E-state index contributed by atoms with van der Waals surface area (Å²) in [4.78, 5) is 0. The van der Waals surface area contributed by atoms with Crippen LogP contribution in [0.3, 0.4) is 0 Å². The third kappa shape index (κ3) is 5.38. The highest BCUT2D eigenvalue weighted by Crippen LogP contribution is 2.26. The molecule has 0 saturated carbocycles. The van der Waals surface area contributed by atoms with Crippen LogP contribution in [0.15, 0.2) is 18.2 Å². The first-order chi connectivity index (χ1) is 9.00. The molecule has 0 aliphatic rings. The number of benzene rings is 1. The molecule has 0 aliphatic carbocycles. The molecule has 19 heavy (non-hydrogen) atoms. The zero-order valence-electron chi connectivity index (χ0n) is 11.3. The molecule has 0 aliphatic heterocycles. The molecule has 0 radical (unpaired) electrons. The Labute approximate surface area is 120 Å². The summed E-state index contributed by atoms with van der Waals surface area (Å²) in [7, 11) is -3.00. The van der Waals surface area contributed by atoms with Gasteiger partial charge in [0.15, 0.2) is 9.84 Å². The number of rotatable bonds is 8. The Bertz CT molecular complexity index is 503. The first-order valence-electron chi connectivity index (χ1n) is 6.31. The molecule has 0 heterocycles. The van der Waals surface area contributed by atoms with E-state index in [1.807, 2.05) is 6.92 Å². The molecule has 1 rings (SSSR count). The van der Waals surface area contributed by atoms with Crippen molar-refractivity contribution in [2.75, 3.05) is 24.7 Å². The highest BCUT2D eigenvalue weighted by Gasteiger charge is 2.11. The molecule has 1 N–H and O–H groups in total. The summed E-state index contributed by atoms with van der Waals surface area (Å²) < 4.78 is 28.3. The van der Waals surface area contributed by atoms with Gasteiger partial charge in [-0.25, -0.2) is 8.42 Å². The number of sulfone groups is 1. The zero-order chi connectivity index (χ0) is 14.3. The topological polar surface area (TPSA) is 55.4 Å². The van der Waals surface area contributed by atoms with Crippen molar-refractivity contribution in [3.8, 4) is 5.75 Å². The van der Waals surface area contributed by atoms with Gasteiger partial charge in [0.05, 0.1) is 5.75 Å². The van der Waals surface area contributed by atoms with Gasteiger partial charge in [-0.1, -0.05) is 31.5 Å². The summed E-state index contributed by atoms with van der Waals surface area (Å²) in [5, 5.41) is 3.80. The molecule has 0 amide bonds. The SMILES string of the molecule is CCNCc1c(Cl)cccc1OCCS(=O)(=O)CC. The maximum Gasteiger partial charge on any atom is 0.153 e. The van der Waals surface area contributed by atoms with E-state index in [0.717, 1.165) is 12.1 Å². The van der Waals surface area contributed by atoms with Crippen LogP contribution in [0.1, 0.15) is 19.4 Å². The minimum atomic E-state index is -3.00. The molecule has 0 fully saturated rings. The second-order valence-electron chi connectivity index (χ2n) is 4.08. The average molecular weight is 306 g/mol. The standard InChI is InChI=1S/C13H20ClNO3S/c1-3-15-10-11-12(14)6-5-7-13(11)18-8-9-19(16,17)4-2/h5-7,15H,3-4,8-10H2,1-2H3. The highest BCUT2D eigenvalue weighted by molar-refractivity contribution is 7.91. The third-order valence-electron chi connectivity index (χ3n) is 2.72. The Hall–Kier alpha value is -0.780. The maximum absolute atomic E-state index is 11.4. The van der Waals surface area contributed by atoms with E-state index in [4.69, 9.17) is 16.3 Å². The van der Waals surface area contributed by atoms with Gasteiger partial charge >= 0.3 is 0 Å². The Balaban J connectivity index is 2.69. The van der Waals surface area contributed by atoms with Crippen molar-refractivity contribution in [2.24, 2.45) is 0 Å². The molecular formula is C13H20ClNO3S. The summed E-state index contributed by atoms with van der Waals surface area (Å²) in [5.41, 5.74) is 0.861. The Morgan fingerprint density at radius 3 is 2.68 bits per heavy atom. The number of ether oxygens (including phenoxy) is 1. The van der Waals surface area contributed by atoms with Crippen molar-refractivity contribution in [3.05, 3.63) is 28.8 Å². The quantitative estimate of drug-likeness (QED) is 0.800.